The third-order valence-electron chi connectivity index (χ3n) is 4.75. The number of aromatic nitrogens is 1. The van der Waals surface area contributed by atoms with E-state index >= 15 is 0 Å². The van der Waals surface area contributed by atoms with E-state index in [-0.39, 0.29) is 5.60 Å². The molecule has 0 spiro atoms. The summed E-state index contributed by atoms with van der Waals surface area (Å²) in [6, 6.07) is 8.18. The first-order valence-corrected chi connectivity index (χ1v) is 9.99. The second-order valence-electron chi connectivity index (χ2n) is 8.33. The number of piperidine rings is 1. The number of nitrogens with zero attached hydrogens (tertiary/aromatic N) is 3. The van der Waals surface area contributed by atoms with E-state index in [9.17, 15) is 0 Å². The van der Waals surface area contributed by atoms with Gasteiger partial charge in [-0.2, -0.15) is 0 Å². The van der Waals surface area contributed by atoms with E-state index < -0.39 is 0 Å². The molecule has 6 heteroatoms. The summed E-state index contributed by atoms with van der Waals surface area (Å²) in [6.45, 7) is 10.9. The van der Waals surface area contributed by atoms with Crippen LogP contribution in [0.5, 0.6) is 0 Å². The predicted octanol–water partition coefficient (Wildman–Crippen LogP) is 4.00. The maximum absolute atomic E-state index is 6.11. The van der Waals surface area contributed by atoms with Crippen molar-refractivity contribution in [1.82, 2.24) is 15.2 Å². The monoisotopic (exact) mass is 384 g/mol. The molecular formula is C22H32N4O2. The van der Waals surface area contributed by atoms with Crippen LogP contribution >= 0.6 is 0 Å². The van der Waals surface area contributed by atoms with Gasteiger partial charge in [0.25, 0.3) is 0 Å². The van der Waals surface area contributed by atoms with Crippen LogP contribution < -0.4 is 5.32 Å². The van der Waals surface area contributed by atoms with Gasteiger partial charge in [0.1, 0.15) is 6.26 Å². The molecule has 3 rings (SSSR count). The minimum atomic E-state index is -0.0884. The lowest BCUT2D eigenvalue weighted by molar-refractivity contribution is -0.0772. The normalized spacial score (nSPS) is 16.5. The zero-order chi connectivity index (χ0) is 20.1. The molecule has 1 aromatic carbocycles. The fourth-order valence-corrected chi connectivity index (χ4v) is 3.40. The predicted molar refractivity (Wildman–Crippen MR) is 112 cm³/mol. The van der Waals surface area contributed by atoms with Gasteiger partial charge in [-0.05, 0) is 52.7 Å². The number of likely N-dealkylation sites (tertiary alicyclic amines) is 1. The molecule has 0 aliphatic carbocycles. The molecule has 6 nitrogen and oxygen atoms in total. The van der Waals surface area contributed by atoms with Crippen LogP contribution in [0.2, 0.25) is 0 Å². The summed E-state index contributed by atoms with van der Waals surface area (Å²) in [4.78, 5) is 11.3. The Hall–Kier alpha value is -2.34. The molecule has 28 heavy (non-hydrogen) atoms. The second kappa shape index (κ2) is 8.78. The topological polar surface area (TPSA) is 62.9 Å². The van der Waals surface area contributed by atoms with Crippen molar-refractivity contribution in [2.45, 2.75) is 58.8 Å². The van der Waals surface area contributed by atoms with Crippen LogP contribution in [0.15, 0.2) is 39.9 Å². The van der Waals surface area contributed by atoms with Gasteiger partial charge in [-0.25, -0.2) is 4.98 Å². The first-order valence-electron chi connectivity index (χ1n) is 9.99. The number of aliphatic imine (C=N–C) groups is 1. The van der Waals surface area contributed by atoms with Crippen molar-refractivity contribution in [1.29, 1.82) is 0 Å². The molecule has 1 N–H and O–H groups in total. The standard InChI is InChI=1S/C22H32N4O2/c1-16-6-8-17(9-7-16)20-25-18(15-27-20)14-24-21(23-5)26-12-10-19(11-13-26)28-22(2,3)4/h6-9,15,19H,10-14H2,1-5H3,(H,23,24). The lowest BCUT2D eigenvalue weighted by atomic mass is 10.1. The van der Waals surface area contributed by atoms with E-state index in [1.165, 1.54) is 5.56 Å². The van der Waals surface area contributed by atoms with Gasteiger partial charge in [-0.1, -0.05) is 17.7 Å². The first kappa shape index (κ1) is 20.4. The van der Waals surface area contributed by atoms with Crippen molar-refractivity contribution in [2.75, 3.05) is 20.1 Å². The summed E-state index contributed by atoms with van der Waals surface area (Å²) in [5.74, 6) is 1.54. The molecule has 0 unspecified atom stereocenters. The number of nitrogens with one attached hydrogen (secondary N) is 1. The van der Waals surface area contributed by atoms with Crippen LogP contribution in [0.4, 0.5) is 0 Å². The van der Waals surface area contributed by atoms with Crippen LogP contribution in [0.25, 0.3) is 11.5 Å². The molecule has 1 fully saturated rings. The van der Waals surface area contributed by atoms with Crippen molar-refractivity contribution in [3.8, 4) is 11.5 Å². The number of hydrogen-bond donors (Lipinski definition) is 1. The van der Waals surface area contributed by atoms with Crippen molar-refractivity contribution in [3.63, 3.8) is 0 Å². The minimum absolute atomic E-state index is 0.0884. The lowest BCUT2D eigenvalue weighted by Crippen LogP contribution is -2.47. The maximum atomic E-state index is 6.11. The molecule has 0 bridgehead atoms. The molecular weight excluding hydrogens is 352 g/mol. The van der Waals surface area contributed by atoms with Crippen molar-refractivity contribution in [3.05, 3.63) is 41.8 Å². The van der Waals surface area contributed by atoms with E-state index in [0.29, 0.717) is 18.5 Å². The van der Waals surface area contributed by atoms with Crippen molar-refractivity contribution in [2.24, 2.45) is 4.99 Å². The van der Waals surface area contributed by atoms with Gasteiger partial charge in [0, 0.05) is 25.7 Å². The summed E-state index contributed by atoms with van der Waals surface area (Å²) in [6.07, 6.45) is 4.06. The molecule has 0 saturated carbocycles. The van der Waals surface area contributed by atoms with Crippen LogP contribution in [-0.4, -0.2) is 47.7 Å². The van der Waals surface area contributed by atoms with Gasteiger partial charge in [-0.15, -0.1) is 0 Å². The average Bonchev–Trinajstić information content (AvgIpc) is 3.12. The Labute approximate surface area is 168 Å². The second-order valence-corrected chi connectivity index (χ2v) is 8.33. The fraction of sp³-hybridized carbons (Fsp3) is 0.545. The molecule has 1 aliphatic heterocycles. The van der Waals surface area contributed by atoms with E-state index in [1.807, 2.05) is 19.2 Å². The molecule has 1 aromatic heterocycles. The van der Waals surface area contributed by atoms with E-state index in [4.69, 9.17) is 9.15 Å². The van der Waals surface area contributed by atoms with Gasteiger partial charge in [0.15, 0.2) is 5.96 Å². The Morgan fingerprint density at radius 2 is 1.93 bits per heavy atom. The van der Waals surface area contributed by atoms with Crippen molar-refractivity contribution < 1.29 is 9.15 Å². The fourth-order valence-electron chi connectivity index (χ4n) is 3.40. The number of oxazole rings is 1. The molecule has 2 heterocycles. The van der Waals surface area contributed by atoms with Gasteiger partial charge in [0.05, 0.1) is 23.9 Å². The highest BCUT2D eigenvalue weighted by atomic mass is 16.5. The number of ether oxygens (including phenoxy) is 1. The largest absolute Gasteiger partial charge is 0.444 e. The number of rotatable bonds is 4. The quantitative estimate of drug-likeness (QED) is 0.637. The highest BCUT2D eigenvalue weighted by Crippen LogP contribution is 2.21. The summed E-state index contributed by atoms with van der Waals surface area (Å²) in [5, 5.41) is 3.41. The molecule has 0 amide bonds. The third kappa shape index (κ3) is 5.58. The number of guanidine groups is 1. The minimum Gasteiger partial charge on any atom is -0.444 e. The van der Waals surface area contributed by atoms with Gasteiger partial charge >= 0.3 is 0 Å². The Bertz CT molecular complexity index is 782. The Balaban J connectivity index is 1.52. The van der Waals surface area contributed by atoms with Crippen LogP contribution in [0.3, 0.4) is 0 Å². The zero-order valence-corrected chi connectivity index (χ0v) is 17.7. The Kier molecular flexibility index (Phi) is 6.39. The van der Waals surface area contributed by atoms with E-state index in [1.54, 1.807) is 6.26 Å². The summed E-state index contributed by atoms with van der Waals surface area (Å²) in [5.41, 5.74) is 2.98. The summed E-state index contributed by atoms with van der Waals surface area (Å²) < 4.78 is 11.8. The zero-order valence-electron chi connectivity index (χ0n) is 17.7. The molecule has 1 saturated heterocycles. The van der Waals surface area contributed by atoms with Gasteiger partial charge in [0.2, 0.25) is 5.89 Å². The maximum Gasteiger partial charge on any atom is 0.226 e. The number of aryl methyl sites for hydroxylation is 1. The molecule has 0 atom stereocenters. The van der Waals surface area contributed by atoms with Crippen LogP contribution in [0.1, 0.15) is 44.9 Å². The Morgan fingerprint density at radius 3 is 2.54 bits per heavy atom. The SMILES string of the molecule is CN=C(NCc1coc(-c2ccc(C)cc2)n1)N1CCC(OC(C)(C)C)CC1. The molecule has 2 aromatic rings. The number of benzene rings is 1. The summed E-state index contributed by atoms with van der Waals surface area (Å²) >= 11 is 0. The third-order valence-corrected chi connectivity index (χ3v) is 4.75. The molecule has 1 aliphatic rings. The highest BCUT2D eigenvalue weighted by molar-refractivity contribution is 5.79. The number of hydrogen-bond acceptors (Lipinski definition) is 4. The van der Waals surface area contributed by atoms with Crippen LogP contribution in [-0.2, 0) is 11.3 Å². The van der Waals surface area contributed by atoms with Crippen LogP contribution in [0, 0.1) is 6.92 Å². The van der Waals surface area contributed by atoms with E-state index in [0.717, 1.165) is 43.1 Å². The van der Waals surface area contributed by atoms with Gasteiger partial charge in [-0.3, -0.25) is 4.99 Å². The summed E-state index contributed by atoms with van der Waals surface area (Å²) in [7, 11) is 1.82. The Morgan fingerprint density at radius 1 is 1.25 bits per heavy atom. The molecule has 152 valence electrons. The lowest BCUT2D eigenvalue weighted by Gasteiger charge is -2.36. The highest BCUT2D eigenvalue weighted by Gasteiger charge is 2.25. The first-order chi connectivity index (χ1) is 13.3. The van der Waals surface area contributed by atoms with Gasteiger partial charge < -0.3 is 19.4 Å². The smallest absolute Gasteiger partial charge is 0.226 e. The molecule has 0 radical (unpaired) electrons. The average molecular weight is 385 g/mol. The van der Waals surface area contributed by atoms with Crippen molar-refractivity contribution >= 4 is 5.96 Å². The van der Waals surface area contributed by atoms with E-state index in [2.05, 4.69) is 60.0 Å².